The van der Waals surface area contributed by atoms with Crippen molar-refractivity contribution in [2.75, 3.05) is 46.2 Å². The van der Waals surface area contributed by atoms with Crippen LogP contribution in [0.3, 0.4) is 0 Å². The van der Waals surface area contributed by atoms with Crippen molar-refractivity contribution in [3.05, 3.63) is 316 Å². The van der Waals surface area contributed by atoms with Gasteiger partial charge in [0.1, 0.15) is 98.4 Å². The number of ether oxygens (including phenoxy) is 6. The van der Waals surface area contributed by atoms with E-state index in [9.17, 15) is 40.4 Å². The van der Waals surface area contributed by atoms with Crippen molar-refractivity contribution >= 4 is 34.3 Å². The number of benzene rings is 9. The second-order valence-corrected chi connectivity index (χ2v) is 44.6. The molecule has 0 aromatic heterocycles. The molecule has 688 valence electrons. The number of carbonyl (C=O) groups excluding carboxylic acids is 3. The number of nitro benzene ring substituents is 1. The summed E-state index contributed by atoms with van der Waals surface area (Å²) in [5.41, 5.74) is 36.7. The molecule has 0 amide bonds. The Labute approximate surface area is 756 Å². The molecule has 0 fully saturated rings. The fourth-order valence-corrected chi connectivity index (χ4v) is 15.4. The number of azide groups is 2. The maximum atomic E-state index is 11.4. The zero-order valence-electron chi connectivity index (χ0n) is 76.8. The number of nitrogens with two attached hydrogens (primary N) is 1. The summed E-state index contributed by atoms with van der Waals surface area (Å²) in [6.07, 6.45) is 2.33. The lowest BCUT2D eigenvalue weighted by Crippen LogP contribution is -2.52. The summed E-state index contributed by atoms with van der Waals surface area (Å²) in [7, 11) is -3.72. The lowest BCUT2D eigenvalue weighted by Gasteiger charge is -2.38. The maximum Gasteiger partial charge on any atom is 0.373 e. The third kappa shape index (κ3) is 34.9. The Morgan fingerprint density at radius 1 is 0.500 bits per heavy atom. The smallest absolute Gasteiger partial charge is 0.373 e. The number of nitrogens with zero attached hydrogens (tertiary/aromatic N) is 7. The second-order valence-electron chi connectivity index (χ2n) is 35.0. The number of carbonyl (C=O) groups is 1. The van der Waals surface area contributed by atoms with Gasteiger partial charge in [0.2, 0.25) is 0 Å². The van der Waals surface area contributed by atoms with Crippen LogP contribution in [0.5, 0.6) is 28.7 Å². The number of nitrogens with one attached hydrogen (secondary N) is 1. The predicted octanol–water partition coefficient (Wildman–Crippen LogP) is 19.4. The van der Waals surface area contributed by atoms with E-state index in [-0.39, 0.29) is 72.8 Å². The van der Waals surface area contributed by atoms with E-state index in [1.807, 2.05) is 134 Å². The number of aliphatic hydroxyl groups is 5. The average Bonchev–Trinajstić information content (AvgIpc) is 1.66. The number of hydrogen-bond acceptors (Lipinski definition) is 22. The van der Waals surface area contributed by atoms with Crippen molar-refractivity contribution in [3.8, 4) is 28.7 Å². The van der Waals surface area contributed by atoms with E-state index >= 15 is 0 Å². The van der Waals surface area contributed by atoms with Crippen LogP contribution in [-0.4, -0.2) is 154 Å². The number of non-ortho nitro benzene ring substituents is 1. The van der Waals surface area contributed by atoms with Crippen LogP contribution in [0.4, 0.5) is 5.69 Å². The summed E-state index contributed by atoms with van der Waals surface area (Å²) in [5, 5.41) is 74.0. The predicted molar refractivity (Wildman–Crippen MR) is 503 cm³/mol. The van der Waals surface area contributed by atoms with Gasteiger partial charge in [0.25, 0.3) is 5.69 Å². The van der Waals surface area contributed by atoms with E-state index in [2.05, 4.69) is 139 Å². The number of ketones is 1. The molecular weight excluding hydrogens is 1660 g/mol. The fourth-order valence-electron chi connectivity index (χ4n) is 13.3. The summed E-state index contributed by atoms with van der Waals surface area (Å²) < 4.78 is 47.2. The summed E-state index contributed by atoms with van der Waals surface area (Å²) >= 11 is 0. The van der Waals surface area contributed by atoms with Gasteiger partial charge in [-0.2, -0.15) is 9.59 Å². The number of fused-ring (bicyclic) bond motifs is 2. The largest absolute Gasteiger partial charge is 0.491 e. The minimum atomic E-state index is -1.86. The quantitative estimate of drug-likeness (QED) is 0.00359. The van der Waals surface area contributed by atoms with Crippen LogP contribution in [0.2, 0.25) is 36.3 Å². The van der Waals surface area contributed by atoms with Gasteiger partial charge in [-0.1, -0.05) is 217 Å². The van der Waals surface area contributed by atoms with E-state index in [4.69, 9.17) is 63.7 Å². The standard InChI is InChI=1S/C24H24O4.C23H41NO3Si.C20H35NO3Si.C16H17N3O2.C15H14N4O4.CO2/c1-18(25)20-12-14-22(15-13-20)27-17-23(26)24(21-10-6-3-7-11-21)28-16-19-8-4-2-5-9-19;1-16(2)24-20(14-27-28(7,8)23(4,5)6)21(25)15-26-22-13-12-17(3)18-10-9-11-19(18)22;1-14-10-11-19(16-9-7-8-15(14)16)23-13-18(22)17(21)12-24-25(5,6)20(2,3)4;1-12-7-9-14(10-8-12)21-11-15(20)16(18-19-17)13-5-3-2-4-6-13;16-18-17-15(11-4-2-1-3-5-11)14(20)10-23-13-8-6-12(7-9-13)19(21)22;2-1-3/h2-15,23-24,26H,16-17H2,1H3;12-13,16,20-21,24-25H,9-11,14-15H2,1-8H3;10-11,17-18,22H,7-9,12-13,21H2,1-6H3;2-10,15-16,20H,11H2,1H3;1-9,14-15,20H,10H2;/t23-,24-;20-,21+;17-,18+;15-,16-;14-,15-;/m10011./s1. The third-order valence-electron chi connectivity index (χ3n) is 22.9. The molecule has 2 aliphatic rings. The monoisotopic (exact) mass is 1790 g/mol. The summed E-state index contributed by atoms with van der Waals surface area (Å²) in [5.74, 6) is 3.49. The number of nitro groups is 1. The normalized spacial score (nSPS) is 14.4. The number of rotatable bonds is 38. The molecule has 29 heteroatoms. The number of aliphatic hydroxyl groups excluding tert-OH is 5. The molecule has 9 aromatic rings. The van der Waals surface area contributed by atoms with Crippen molar-refractivity contribution in [2.45, 2.75) is 231 Å². The number of Topliss-reactive ketones (excluding diaryl/α,β-unsaturated/α-hetero) is 1. The van der Waals surface area contributed by atoms with Gasteiger partial charge in [0, 0.05) is 33.6 Å². The molecule has 2 aliphatic carbocycles. The van der Waals surface area contributed by atoms with Gasteiger partial charge in [0.15, 0.2) is 22.4 Å². The van der Waals surface area contributed by atoms with E-state index in [0.29, 0.717) is 48.2 Å². The minimum absolute atomic E-state index is 0.00467. The van der Waals surface area contributed by atoms with Crippen LogP contribution in [0.1, 0.15) is 165 Å². The van der Waals surface area contributed by atoms with Crippen LogP contribution in [-0.2, 0) is 55.5 Å². The first-order valence-corrected chi connectivity index (χ1v) is 49.0. The molecule has 0 unspecified atom stereocenters. The molecule has 0 saturated carbocycles. The topological polar surface area (TPSA) is 405 Å². The van der Waals surface area contributed by atoms with Crippen molar-refractivity contribution in [3.63, 3.8) is 0 Å². The zero-order chi connectivity index (χ0) is 94.2. The molecule has 0 aliphatic heterocycles. The molecule has 0 saturated heterocycles. The fraction of sp³-hybridized carbons (Fsp3) is 0.434. The highest BCUT2D eigenvalue weighted by atomic mass is 28.4. The SMILES string of the molecule is CC(=O)c1ccc(OC[C@@H](O)[C@H](OCc2ccccc2)c2ccccc2)cc1.Cc1ccc(OC[C@@H](O)[C@@H](N)CO[Si](C)(C)C(C)(C)C)c2c1CCC2.Cc1ccc(OC[C@@H](O)[C@H](CO[Si](C)(C)C(C)(C)C)NC(C)C)c2c1CCC2.Cc1ccc(OC[C@@H](O)[C@H](N=[N+]=[N-])c2ccccc2)cc1.O=C=O.[N-]=[N+]=N[C@H](c1ccccc1)[C@H](O)COc1ccc([N+](=O)[O-])cc1. The van der Waals surface area contributed by atoms with Crippen LogP contribution >= 0.6 is 0 Å². The van der Waals surface area contributed by atoms with Gasteiger partial charge in [-0.25, -0.2) is 0 Å². The molecule has 10 atom stereocenters. The molecule has 128 heavy (non-hydrogen) atoms. The summed E-state index contributed by atoms with van der Waals surface area (Å²) in [6.45, 7) is 36.0. The first-order valence-electron chi connectivity index (χ1n) is 43.2. The minimum Gasteiger partial charge on any atom is -0.491 e. The van der Waals surface area contributed by atoms with Crippen LogP contribution in [0, 0.1) is 30.9 Å². The van der Waals surface area contributed by atoms with E-state index in [1.165, 1.54) is 77.4 Å². The maximum absolute atomic E-state index is 11.4. The van der Waals surface area contributed by atoms with Gasteiger partial charge in [-0.05, 0) is 230 Å². The van der Waals surface area contributed by atoms with Gasteiger partial charge >= 0.3 is 6.15 Å². The van der Waals surface area contributed by atoms with Crippen molar-refractivity contribution in [1.82, 2.24) is 5.32 Å². The molecule has 9 aromatic carbocycles. The Hall–Kier alpha value is -10.9. The Balaban J connectivity index is 0.000000246. The van der Waals surface area contributed by atoms with Crippen molar-refractivity contribution in [1.29, 1.82) is 0 Å². The molecule has 8 N–H and O–H groups in total. The Bertz CT molecular complexity index is 4940. The highest BCUT2D eigenvalue weighted by molar-refractivity contribution is 6.74. The van der Waals surface area contributed by atoms with Gasteiger partial charge in [-0.3, -0.25) is 14.9 Å². The van der Waals surface area contributed by atoms with Gasteiger partial charge < -0.3 is 73.9 Å². The highest BCUT2D eigenvalue weighted by Crippen LogP contribution is 2.40. The number of aryl methyl sites for hydroxylation is 3. The zero-order valence-corrected chi connectivity index (χ0v) is 78.8. The highest BCUT2D eigenvalue weighted by Gasteiger charge is 2.40. The van der Waals surface area contributed by atoms with Crippen molar-refractivity contribution < 1.29 is 82.1 Å². The first-order chi connectivity index (χ1) is 60.8. The molecule has 11 rings (SSSR count). The summed E-state index contributed by atoms with van der Waals surface area (Å²) in [4.78, 5) is 43.2. The number of hydrogen-bond donors (Lipinski definition) is 7. The van der Waals surface area contributed by atoms with E-state index in [1.54, 1.807) is 48.5 Å². The van der Waals surface area contributed by atoms with Crippen LogP contribution < -0.4 is 34.7 Å². The average molecular weight is 1790 g/mol. The van der Waals surface area contributed by atoms with Gasteiger partial charge in [-0.15, -0.1) is 0 Å². The lowest BCUT2D eigenvalue weighted by molar-refractivity contribution is -0.384. The van der Waals surface area contributed by atoms with Crippen molar-refractivity contribution in [2.24, 2.45) is 16.0 Å². The third-order valence-corrected chi connectivity index (χ3v) is 31.9. The molecule has 0 radical (unpaired) electrons. The Morgan fingerprint density at radius 2 is 0.867 bits per heavy atom. The van der Waals surface area contributed by atoms with E-state index < -0.39 is 76.3 Å². The molecule has 0 bridgehead atoms. The molecule has 27 nitrogen and oxygen atoms in total. The first kappa shape index (κ1) is 106. The molecule has 0 heterocycles. The Kier molecular flexibility index (Phi) is 44.0. The lowest BCUT2D eigenvalue weighted by atomic mass is 10.0. The van der Waals surface area contributed by atoms with E-state index in [0.717, 1.165) is 59.4 Å². The van der Waals surface area contributed by atoms with Gasteiger partial charge in [0.05, 0.1) is 48.9 Å². The van der Waals surface area contributed by atoms with Crippen LogP contribution in [0.15, 0.2) is 229 Å². The Morgan fingerprint density at radius 3 is 1.27 bits per heavy atom. The van der Waals surface area contributed by atoms with Crippen LogP contribution in [0.25, 0.3) is 20.9 Å². The summed E-state index contributed by atoms with van der Waals surface area (Å²) in [6, 6.07) is 64.0. The molecule has 0 spiro atoms. The second kappa shape index (κ2) is 53.1. The molecular formula is C99H131N9O18Si2.